The van der Waals surface area contributed by atoms with Crippen molar-refractivity contribution in [1.82, 2.24) is 0 Å². The van der Waals surface area contributed by atoms with E-state index in [0.717, 1.165) is 0 Å². The van der Waals surface area contributed by atoms with Crippen LogP contribution in [0.5, 0.6) is 0 Å². The van der Waals surface area contributed by atoms with Crippen LogP contribution in [0.3, 0.4) is 0 Å². The van der Waals surface area contributed by atoms with Gasteiger partial charge in [-0.2, -0.15) is 0 Å². The zero-order valence-corrected chi connectivity index (χ0v) is 35.3. The van der Waals surface area contributed by atoms with Gasteiger partial charge in [0, 0.05) is 5.41 Å². The summed E-state index contributed by atoms with van der Waals surface area (Å²) in [4.78, 5) is 0. The lowest BCUT2D eigenvalue weighted by atomic mass is 9.62. The molecule has 0 spiro atoms. The zero-order chi connectivity index (χ0) is 41.2. The average Bonchev–Trinajstić information content (AvgIpc) is 3.62. The largest absolute Gasteiger partial charge is 0.0622 e. The second-order valence-corrected chi connectivity index (χ2v) is 17.6. The van der Waals surface area contributed by atoms with E-state index in [4.69, 9.17) is 0 Å². The molecule has 0 atom stereocenters. The van der Waals surface area contributed by atoms with Crippen LogP contribution in [0.2, 0.25) is 0 Å². The Hall–Kier alpha value is -7.02. The fourth-order valence-corrected chi connectivity index (χ4v) is 11.3. The van der Waals surface area contributed by atoms with Gasteiger partial charge in [-0.1, -0.05) is 210 Å². The molecule has 0 unspecified atom stereocenters. The van der Waals surface area contributed by atoms with Gasteiger partial charge in [0.15, 0.2) is 0 Å². The van der Waals surface area contributed by atoms with Crippen LogP contribution < -0.4 is 0 Å². The van der Waals surface area contributed by atoms with Crippen LogP contribution in [0.4, 0.5) is 0 Å². The number of rotatable bonds is 7. The molecule has 0 N–H and O–H groups in total. The summed E-state index contributed by atoms with van der Waals surface area (Å²) in [5.41, 5.74) is 18.1. The molecule has 11 rings (SSSR count). The van der Waals surface area contributed by atoms with Crippen LogP contribution in [0.15, 0.2) is 206 Å². The molecule has 0 nitrogen and oxygen atoms in total. The van der Waals surface area contributed by atoms with E-state index in [1.165, 1.54) is 110 Å². The minimum Gasteiger partial charge on any atom is -0.0622 e. The Labute approximate surface area is 359 Å². The van der Waals surface area contributed by atoms with E-state index in [0.29, 0.717) is 11.8 Å². The third-order valence-electron chi connectivity index (χ3n) is 13.8. The first-order valence-electron chi connectivity index (χ1n) is 21.9. The molecular formula is C61H48. The molecular weight excluding hydrogens is 733 g/mol. The van der Waals surface area contributed by atoms with E-state index in [-0.39, 0.29) is 5.41 Å². The predicted octanol–water partition coefficient (Wildman–Crippen LogP) is 17.1. The Bertz CT molecular complexity index is 3170. The molecule has 0 heterocycles. The summed E-state index contributed by atoms with van der Waals surface area (Å²) in [6.07, 6.45) is 0. The first-order valence-corrected chi connectivity index (χ1v) is 21.9. The van der Waals surface area contributed by atoms with Gasteiger partial charge in [-0.15, -0.1) is 0 Å². The van der Waals surface area contributed by atoms with Crippen molar-refractivity contribution in [2.75, 3.05) is 0 Å². The minimum absolute atomic E-state index is 0.0728. The van der Waals surface area contributed by atoms with E-state index >= 15 is 0 Å². The van der Waals surface area contributed by atoms with Crippen LogP contribution in [0, 0.1) is 11.8 Å². The molecule has 292 valence electrons. The van der Waals surface area contributed by atoms with Crippen LogP contribution in [0.25, 0.3) is 99.1 Å². The fraction of sp³-hybridized carbons (Fsp3) is 0.115. The summed E-state index contributed by atoms with van der Waals surface area (Å²) in [5, 5.41) is 7.61. The van der Waals surface area contributed by atoms with Gasteiger partial charge in [0.05, 0.1) is 0 Å². The highest BCUT2D eigenvalue weighted by atomic mass is 14.5. The van der Waals surface area contributed by atoms with E-state index in [1.54, 1.807) is 0 Å². The van der Waals surface area contributed by atoms with Gasteiger partial charge >= 0.3 is 0 Å². The first kappa shape index (κ1) is 37.0. The summed E-state index contributed by atoms with van der Waals surface area (Å²) in [6, 6.07) is 77.1. The van der Waals surface area contributed by atoms with Gasteiger partial charge in [0.25, 0.3) is 0 Å². The second-order valence-electron chi connectivity index (χ2n) is 17.6. The standard InChI is InChI=1S/C61H48/c1-39(2)61(40(3)4)57-30-18-17-25-50(57)51-32-31-43(38-58(51)61)59-52-26-13-15-28-54(52)60(55-29-16-14-27-53(55)59)56-34-33-47(48-23-11-12-24-49(48)56)46-36-44(41-19-7-5-8-20-41)35-45(37-46)42-21-9-6-10-22-42/h5-40H,1-4H3. The summed E-state index contributed by atoms with van der Waals surface area (Å²) < 4.78 is 0. The lowest BCUT2D eigenvalue weighted by molar-refractivity contribution is 0.280. The highest BCUT2D eigenvalue weighted by Gasteiger charge is 2.47. The molecule has 0 saturated carbocycles. The van der Waals surface area contributed by atoms with Crippen molar-refractivity contribution in [2.45, 2.75) is 33.1 Å². The van der Waals surface area contributed by atoms with Gasteiger partial charge in [0.2, 0.25) is 0 Å². The van der Waals surface area contributed by atoms with Gasteiger partial charge in [-0.05, 0) is 146 Å². The van der Waals surface area contributed by atoms with E-state index < -0.39 is 0 Å². The van der Waals surface area contributed by atoms with Crippen molar-refractivity contribution >= 4 is 32.3 Å². The molecule has 10 aromatic carbocycles. The molecule has 1 aliphatic carbocycles. The van der Waals surface area contributed by atoms with E-state index in [1.807, 2.05) is 0 Å². The molecule has 10 aromatic rings. The molecule has 1 aliphatic rings. The van der Waals surface area contributed by atoms with Crippen LogP contribution >= 0.6 is 0 Å². The summed E-state index contributed by atoms with van der Waals surface area (Å²) >= 11 is 0. The predicted molar refractivity (Wildman–Crippen MR) is 262 cm³/mol. The third kappa shape index (κ3) is 5.73. The van der Waals surface area contributed by atoms with Gasteiger partial charge in [0.1, 0.15) is 0 Å². The molecule has 0 aromatic heterocycles. The molecule has 0 aliphatic heterocycles. The highest BCUT2D eigenvalue weighted by Crippen LogP contribution is 2.58. The van der Waals surface area contributed by atoms with Crippen molar-refractivity contribution < 1.29 is 0 Å². The monoisotopic (exact) mass is 780 g/mol. The minimum atomic E-state index is -0.0728. The number of hydrogen-bond acceptors (Lipinski definition) is 0. The van der Waals surface area contributed by atoms with E-state index in [2.05, 4.69) is 234 Å². The topological polar surface area (TPSA) is 0 Å². The Morgan fingerprint density at radius 2 is 0.672 bits per heavy atom. The highest BCUT2D eigenvalue weighted by molar-refractivity contribution is 6.24. The molecule has 0 heteroatoms. The summed E-state index contributed by atoms with van der Waals surface area (Å²) in [5.74, 6) is 0.867. The van der Waals surface area contributed by atoms with Gasteiger partial charge in [-0.3, -0.25) is 0 Å². The molecule has 0 fully saturated rings. The van der Waals surface area contributed by atoms with E-state index in [9.17, 15) is 0 Å². The maximum absolute atomic E-state index is 2.56. The zero-order valence-electron chi connectivity index (χ0n) is 35.3. The second kappa shape index (κ2) is 14.6. The number of benzene rings is 10. The molecule has 0 amide bonds. The van der Waals surface area contributed by atoms with Crippen LogP contribution in [0.1, 0.15) is 38.8 Å². The fourth-order valence-electron chi connectivity index (χ4n) is 11.3. The first-order chi connectivity index (χ1) is 29.9. The lowest BCUT2D eigenvalue weighted by Gasteiger charge is -2.40. The molecule has 0 saturated heterocycles. The Morgan fingerprint density at radius 3 is 1.23 bits per heavy atom. The molecule has 0 radical (unpaired) electrons. The number of fused-ring (bicyclic) bond motifs is 6. The Kier molecular flexibility index (Phi) is 8.87. The van der Waals surface area contributed by atoms with Gasteiger partial charge in [-0.25, -0.2) is 0 Å². The third-order valence-corrected chi connectivity index (χ3v) is 13.8. The summed E-state index contributed by atoms with van der Waals surface area (Å²) in [6.45, 7) is 9.65. The summed E-state index contributed by atoms with van der Waals surface area (Å²) in [7, 11) is 0. The Morgan fingerprint density at radius 1 is 0.262 bits per heavy atom. The average molecular weight is 781 g/mol. The van der Waals surface area contributed by atoms with Crippen molar-refractivity contribution in [3.05, 3.63) is 217 Å². The van der Waals surface area contributed by atoms with Crippen molar-refractivity contribution in [2.24, 2.45) is 11.8 Å². The maximum atomic E-state index is 2.56. The van der Waals surface area contributed by atoms with Crippen molar-refractivity contribution in [1.29, 1.82) is 0 Å². The van der Waals surface area contributed by atoms with Crippen molar-refractivity contribution in [3.63, 3.8) is 0 Å². The van der Waals surface area contributed by atoms with Crippen LogP contribution in [-0.4, -0.2) is 0 Å². The van der Waals surface area contributed by atoms with Crippen molar-refractivity contribution in [3.8, 4) is 66.8 Å². The molecule has 61 heavy (non-hydrogen) atoms. The van der Waals surface area contributed by atoms with Gasteiger partial charge < -0.3 is 0 Å². The quantitative estimate of drug-likeness (QED) is 0.141. The molecule has 0 bridgehead atoms. The maximum Gasteiger partial charge on any atom is 0.0261 e. The number of hydrogen-bond donors (Lipinski definition) is 0. The normalized spacial score (nSPS) is 13.0. The smallest absolute Gasteiger partial charge is 0.0261 e. The Balaban J connectivity index is 1.14. The lowest BCUT2D eigenvalue weighted by Crippen LogP contribution is -2.37. The SMILES string of the molecule is CC(C)C1(C(C)C)c2ccccc2-c2ccc(-c3c4ccccc4c(-c4ccc(-c5cc(-c6ccccc6)cc(-c6ccccc6)c5)c5ccccc45)c4ccccc34)cc21. The van der Waals surface area contributed by atoms with Crippen LogP contribution in [-0.2, 0) is 5.41 Å².